The Morgan fingerprint density at radius 1 is 0.964 bits per heavy atom. The van der Waals surface area contributed by atoms with Gasteiger partial charge in [0.2, 0.25) is 5.91 Å². The van der Waals surface area contributed by atoms with Crippen molar-refractivity contribution in [2.45, 2.75) is 24.7 Å². The molecule has 2 N–H and O–H groups in total. The minimum absolute atomic E-state index is 0.0220. The molecule has 0 aliphatic rings. The molecule has 152 valence electrons. The normalized spacial score (nSPS) is 11.0. The molecule has 2 aromatic rings. The van der Waals surface area contributed by atoms with Gasteiger partial charge in [-0.05, 0) is 55.3 Å². The molecule has 0 bridgehead atoms. The van der Waals surface area contributed by atoms with Crippen LogP contribution in [0.2, 0.25) is 0 Å². The molecule has 0 heterocycles. The van der Waals surface area contributed by atoms with Crippen LogP contribution in [0.5, 0.6) is 17.2 Å². The van der Waals surface area contributed by atoms with Crippen LogP contribution in [0.4, 0.5) is 0 Å². The van der Waals surface area contributed by atoms with Crippen LogP contribution in [0.15, 0.2) is 47.4 Å². The third-order valence-corrected chi connectivity index (χ3v) is 5.09. The van der Waals surface area contributed by atoms with Crippen molar-refractivity contribution in [2.75, 3.05) is 20.8 Å². The first-order chi connectivity index (χ1) is 13.4. The highest BCUT2D eigenvalue weighted by molar-refractivity contribution is 7.89. The molecule has 0 aliphatic carbocycles. The summed E-state index contributed by atoms with van der Waals surface area (Å²) in [5, 5.41) is 0. The quantitative estimate of drug-likeness (QED) is 0.583. The van der Waals surface area contributed by atoms with Crippen LogP contribution < -0.4 is 24.5 Å². The summed E-state index contributed by atoms with van der Waals surface area (Å²) in [7, 11) is -0.784. The summed E-state index contributed by atoms with van der Waals surface area (Å²) in [5.41, 5.74) is 3.05. The highest BCUT2D eigenvalue weighted by atomic mass is 32.2. The molecule has 9 heteroatoms. The Labute approximate surface area is 164 Å². The summed E-state index contributed by atoms with van der Waals surface area (Å²) >= 11 is 0. The van der Waals surface area contributed by atoms with E-state index in [0.717, 1.165) is 5.56 Å². The third-order valence-electron chi connectivity index (χ3n) is 3.82. The number of hydrogen-bond donors (Lipinski definition) is 2. The summed E-state index contributed by atoms with van der Waals surface area (Å²) < 4.78 is 40.1. The Balaban J connectivity index is 1.91. The maximum Gasteiger partial charge on any atom is 0.257 e. The average molecular weight is 408 g/mol. The van der Waals surface area contributed by atoms with Crippen molar-refractivity contribution in [3.8, 4) is 17.2 Å². The van der Waals surface area contributed by atoms with E-state index in [4.69, 9.17) is 14.2 Å². The Bertz CT molecular complexity index is 875. The highest BCUT2D eigenvalue weighted by Gasteiger charge is 2.15. The fourth-order valence-electron chi connectivity index (χ4n) is 2.40. The number of sulfonamides is 1. The third kappa shape index (κ3) is 6.14. The van der Waals surface area contributed by atoms with E-state index >= 15 is 0 Å². The smallest absolute Gasteiger partial charge is 0.257 e. The van der Waals surface area contributed by atoms with Crippen molar-refractivity contribution in [3.63, 3.8) is 0 Å². The summed E-state index contributed by atoms with van der Waals surface area (Å²) in [6, 6.07) is 11.2. The van der Waals surface area contributed by atoms with Crippen molar-refractivity contribution < 1.29 is 27.4 Å². The zero-order valence-corrected chi connectivity index (χ0v) is 16.8. The van der Waals surface area contributed by atoms with Crippen LogP contribution in [0.1, 0.15) is 18.9 Å². The molecule has 0 fully saturated rings. The first kappa shape index (κ1) is 21.5. The lowest BCUT2D eigenvalue weighted by atomic mass is 10.1. The molecule has 8 nitrogen and oxygen atoms in total. The van der Waals surface area contributed by atoms with Gasteiger partial charge in [0.1, 0.15) is 17.2 Å². The van der Waals surface area contributed by atoms with Gasteiger partial charge in [-0.1, -0.05) is 0 Å². The molecule has 0 aromatic heterocycles. The van der Waals surface area contributed by atoms with Gasteiger partial charge in [0.15, 0.2) is 0 Å². The Morgan fingerprint density at radius 3 is 2.11 bits per heavy atom. The van der Waals surface area contributed by atoms with Gasteiger partial charge in [-0.2, -0.15) is 0 Å². The lowest BCUT2D eigenvalue weighted by Crippen LogP contribution is -2.41. The number of hydrogen-bond acceptors (Lipinski definition) is 6. The number of nitrogens with one attached hydrogen (secondary N) is 2. The monoisotopic (exact) mass is 408 g/mol. The maximum absolute atomic E-state index is 12.2. The predicted molar refractivity (Wildman–Crippen MR) is 104 cm³/mol. The predicted octanol–water partition coefficient (Wildman–Crippen LogP) is 2.04. The van der Waals surface area contributed by atoms with E-state index in [1.165, 1.54) is 12.1 Å². The van der Waals surface area contributed by atoms with E-state index in [1.54, 1.807) is 44.6 Å². The molecule has 0 radical (unpaired) electrons. The Morgan fingerprint density at radius 2 is 1.57 bits per heavy atom. The first-order valence-electron chi connectivity index (χ1n) is 8.63. The van der Waals surface area contributed by atoms with E-state index < -0.39 is 15.9 Å². The number of ether oxygens (including phenoxy) is 3. The van der Waals surface area contributed by atoms with Gasteiger partial charge in [0, 0.05) is 12.5 Å². The van der Waals surface area contributed by atoms with E-state index in [9.17, 15) is 13.2 Å². The van der Waals surface area contributed by atoms with Gasteiger partial charge in [0.25, 0.3) is 10.0 Å². The Kier molecular flexibility index (Phi) is 7.65. The first-order valence-corrected chi connectivity index (χ1v) is 10.1. The second-order valence-electron chi connectivity index (χ2n) is 5.78. The summed E-state index contributed by atoms with van der Waals surface area (Å²) in [6.07, 6.45) is 0.478. The highest BCUT2D eigenvalue weighted by Crippen LogP contribution is 2.23. The number of rotatable bonds is 10. The lowest BCUT2D eigenvalue weighted by molar-refractivity contribution is -0.121. The second kappa shape index (κ2) is 9.95. The largest absolute Gasteiger partial charge is 0.497 e. The fourth-order valence-corrected chi connectivity index (χ4v) is 3.26. The molecule has 0 saturated heterocycles. The van der Waals surface area contributed by atoms with Crippen molar-refractivity contribution in [1.82, 2.24) is 10.3 Å². The molecule has 1 amide bonds. The van der Waals surface area contributed by atoms with Crippen molar-refractivity contribution in [1.29, 1.82) is 0 Å². The van der Waals surface area contributed by atoms with Gasteiger partial charge in [-0.25, -0.2) is 8.42 Å². The summed E-state index contributed by atoms with van der Waals surface area (Å²) in [6.45, 7) is 2.32. The van der Waals surface area contributed by atoms with Crippen LogP contribution >= 0.6 is 0 Å². The molecule has 2 aromatic carbocycles. The van der Waals surface area contributed by atoms with Crippen LogP contribution in [-0.2, 0) is 21.2 Å². The number of benzene rings is 2. The molecule has 0 aliphatic heterocycles. The zero-order valence-electron chi connectivity index (χ0n) is 16.0. The summed E-state index contributed by atoms with van der Waals surface area (Å²) in [4.78, 5) is 14.1. The average Bonchev–Trinajstić information content (AvgIpc) is 2.71. The number of methoxy groups -OCH3 is 2. The van der Waals surface area contributed by atoms with Gasteiger partial charge >= 0.3 is 0 Å². The lowest BCUT2D eigenvalue weighted by Gasteiger charge is -2.10. The van der Waals surface area contributed by atoms with Crippen LogP contribution in [0.3, 0.4) is 0 Å². The SMILES string of the molecule is CCOc1ccc(S(=O)(=O)NNC(=O)CCc2cc(OC)cc(OC)c2)cc1. The topological polar surface area (TPSA) is 103 Å². The number of amides is 1. The van der Waals surface area contributed by atoms with Gasteiger partial charge < -0.3 is 14.2 Å². The minimum Gasteiger partial charge on any atom is -0.497 e. The molecule has 0 atom stereocenters. The van der Waals surface area contributed by atoms with Crippen LogP contribution in [0.25, 0.3) is 0 Å². The van der Waals surface area contributed by atoms with Crippen molar-refractivity contribution in [3.05, 3.63) is 48.0 Å². The van der Waals surface area contributed by atoms with E-state index in [-0.39, 0.29) is 11.3 Å². The van der Waals surface area contributed by atoms with Crippen LogP contribution in [0, 0.1) is 0 Å². The zero-order chi connectivity index (χ0) is 20.6. The van der Waals surface area contributed by atoms with Crippen molar-refractivity contribution >= 4 is 15.9 Å². The molecule has 0 spiro atoms. The molecule has 0 saturated carbocycles. The molecular weight excluding hydrogens is 384 g/mol. The van der Waals surface area contributed by atoms with E-state index in [2.05, 4.69) is 10.3 Å². The minimum atomic E-state index is -3.87. The molecular formula is C19H24N2O6S. The maximum atomic E-state index is 12.2. The van der Waals surface area contributed by atoms with E-state index in [1.807, 2.05) is 6.92 Å². The van der Waals surface area contributed by atoms with Crippen molar-refractivity contribution in [2.24, 2.45) is 0 Å². The molecule has 28 heavy (non-hydrogen) atoms. The second-order valence-corrected chi connectivity index (χ2v) is 7.46. The molecule has 0 unspecified atom stereocenters. The van der Waals surface area contributed by atoms with Gasteiger partial charge in [-0.15, -0.1) is 4.83 Å². The van der Waals surface area contributed by atoms with Gasteiger partial charge in [0.05, 0.1) is 25.7 Å². The number of carbonyl (C=O) groups excluding carboxylic acids is 1. The number of carbonyl (C=O) groups is 1. The van der Waals surface area contributed by atoms with Gasteiger partial charge in [-0.3, -0.25) is 10.2 Å². The van der Waals surface area contributed by atoms with E-state index in [0.29, 0.717) is 30.3 Å². The Hall–Kier alpha value is -2.78. The fraction of sp³-hybridized carbons (Fsp3) is 0.316. The van der Waals surface area contributed by atoms with Crippen LogP contribution in [-0.4, -0.2) is 35.2 Å². The number of hydrazine groups is 1. The number of aryl methyl sites for hydroxylation is 1. The molecule has 2 rings (SSSR count). The summed E-state index contributed by atoms with van der Waals surface area (Å²) in [5.74, 6) is 1.34. The standard InChI is InChI=1S/C19H24N2O6S/c1-4-27-15-6-8-18(9-7-15)28(23,24)21-20-19(22)10-5-14-11-16(25-2)13-17(12-14)26-3/h6-9,11-13,21H,4-5,10H2,1-3H3,(H,20,22).